The fourth-order valence-corrected chi connectivity index (χ4v) is 6.46. The Balaban J connectivity index is 1.52. The minimum Gasteiger partial charge on any atom is -0.489 e. The number of aryl methyl sites for hydroxylation is 1. The molecule has 6 rings (SSSR count). The smallest absolute Gasteiger partial charge is 0.315 e. The predicted octanol–water partition coefficient (Wildman–Crippen LogP) is 7.76. The van der Waals surface area contributed by atoms with Crippen LogP contribution in [0, 0.1) is 18.2 Å². The summed E-state index contributed by atoms with van der Waals surface area (Å²) in [5, 5.41) is 10.6. The standard InChI is InChI=1S/C33H32F3NO4/c1-20-15-24(7-9-27(20)34)37-28-10-8-25(41-19-21-5-3-2-4-6-21)16-26(28)29(30(37)22-11-13-40-14-12-22)23-17-33(18-23,31(35)36)32(38)39/h2-10,15-16,22-23,31H,11-14,17-19H2,1H3,(H,38,39). The third-order valence-electron chi connectivity index (χ3n) is 8.75. The fourth-order valence-electron chi connectivity index (χ4n) is 6.46. The maximum Gasteiger partial charge on any atom is 0.315 e. The number of aromatic nitrogens is 1. The molecule has 1 saturated heterocycles. The third kappa shape index (κ3) is 4.88. The van der Waals surface area contributed by atoms with Crippen LogP contribution >= 0.6 is 0 Å². The summed E-state index contributed by atoms with van der Waals surface area (Å²) in [4.78, 5) is 12.0. The lowest BCUT2D eigenvalue weighted by atomic mass is 9.59. The number of benzene rings is 3. The van der Waals surface area contributed by atoms with Gasteiger partial charge in [0.25, 0.3) is 6.43 Å². The summed E-state index contributed by atoms with van der Waals surface area (Å²) < 4.78 is 56.4. The number of aliphatic carboxylic acids is 1. The van der Waals surface area contributed by atoms with Crippen molar-refractivity contribution in [3.8, 4) is 11.4 Å². The van der Waals surface area contributed by atoms with Gasteiger partial charge in [-0.25, -0.2) is 13.2 Å². The van der Waals surface area contributed by atoms with Gasteiger partial charge in [0, 0.05) is 35.9 Å². The Kier molecular flexibility index (Phi) is 7.28. The fraction of sp³-hybridized carbons (Fsp3) is 0.364. The number of alkyl halides is 2. The normalized spacial score (nSPS) is 21.2. The number of hydrogen-bond acceptors (Lipinski definition) is 3. The molecule has 1 aliphatic heterocycles. The Morgan fingerprint density at radius 3 is 2.44 bits per heavy atom. The van der Waals surface area contributed by atoms with E-state index >= 15 is 0 Å². The number of fused-ring (bicyclic) bond motifs is 1. The molecule has 214 valence electrons. The first-order valence-corrected chi connectivity index (χ1v) is 14.0. The second kappa shape index (κ2) is 10.9. The molecule has 0 atom stereocenters. The lowest BCUT2D eigenvalue weighted by molar-refractivity contribution is -0.171. The Hall–Kier alpha value is -3.78. The van der Waals surface area contributed by atoms with E-state index in [2.05, 4.69) is 4.57 Å². The van der Waals surface area contributed by atoms with Gasteiger partial charge < -0.3 is 19.1 Å². The van der Waals surface area contributed by atoms with Crippen LogP contribution in [0.15, 0.2) is 66.7 Å². The molecule has 4 aromatic rings. The summed E-state index contributed by atoms with van der Waals surface area (Å²) in [7, 11) is 0. The van der Waals surface area contributed by atoms with Gasteiger partial charge in [0.1, 0.15) is 23.6 Å². The van der Waals surface area contributed by atoms with Crippen molar-refractivity contribution >= 4 is 16.9 Å². The van der Waals surface area contributed by atoms with Crippen molar-refractivity contribution in [2.45, 2.75) is 57.5 Å². The lowest BCUT2D eigenvalue weighted by Gasteiger charge is -2.44. The molecule has 0 radical (unpaired) electrons. The van der Waals surface area contributed by atoms with Crippen molar-refractivity contribution in [3.05, 3.63) is 94.9 Å². The van der Waals surface area contributed by atoms with Gasteiger partial charge in [0.05, 0.1) is 5.52 Å². The molecule has 1 saturated carbocycles. The Morgan fingerprint density at radius 2 is 1.78 bits per heavy atom. The summed E-state index contributed by atoms with van der Waals surface area (Å²) in [5.74, 6) is -1.44. The van der Waals surface area contributed by atoms with Gasteiger partial charge in [-0.2, -0.15) is 0 Å². The first-order chi connectivity index (χ1) is 19.8. The number of halogens is 3. The Labute approximate surface area is 236 Å². The summed E-state index contributed by atoms with van der Waals surface area (Å²) >= 11 is 0. The predicted molar refractivity (Wildman–Crippen MR) is 150 cm³/mol. The molecule has 2 aliphatic rings. The highest BCUT2D eigenvalue weighted by Gasteiger charge is 2.58. The molecule has 8 heteroatoms. The minimum absolute atomic E-state index is 0.0663. The molecule has 2 fully saturated rings. The second-order valence-electron chi connectivity index (χ2n) is 11.3. The molecule has 1 aromatic heterocycles. The quantitative estimate of drug-likeness (QED) is 0.238. The first-order valence-electron chi connectivity index (χ1n) is 14.0. The van der Waals surface area contributed by atoms with Crippen LogP contribution in [0.1, 0.15) is 59.9 Å². The van der Waals surface area contributed by atoms with Crippen LogP contribution in [0.3, 0.4) is 0 Å². The Bertz CT molecular complexity index is 1570. The second-order valence-corrected chi connectivity index (χ2v) is 11.3. The highest BCUT2D eigenvalue weighted by atomic mass is 19.3. The van der Waals surface area contributed by atoms with Gasteiger partial charge in [-0.15, -0.1) is 0 Å². The third-order valence-corrected chi connectivity index (χ3v) is 8.75. The van der Waals surface area contributed by atoms with Crippen molar-refractivity contribution in [1.29, 1.82) is 0 Å². The van der Waals surface area contributed by atoms with Crippen molar-refractivity contribution in [2.24, 2.45) is 5.41 Å². The maximum absolute atomic E-state index is 14.3. The summed E-state index contributed by atoms with van der Waals surface area (Å²) in [6.45, 7) is 3.22. The van der Waals surface area contributed by atoms with E-state index in [0.29, 0.717) is 31.1 Å². The number of rotatable bonds is 8. The van der Waals surface area contributed by atoms with Crippen LogP contribution in [0.2, 0.25) is 0 Å². The van der Waals surface area contributed by atoms with E-state index < -0.39 is 17.8 Å². The average molecular weight is 564 g/mol. The van der Waals surface area contributed by atoms with E-state index in [1.54, 1.807) is 19.1 Å². The largest absolute Gasteiger partial charge is 0.489 e. The van der Waals surface area contributed by atoms with Crippen molar-refractivity contribution in [3.63, 3.8) is 0 Å². The Morgan fingerprint density at radius 1 is 1.05 bits per heavy atom. The zero-order valence-corrected chi connectivity index (χ0v) is 22.8. The molecule has 41 heavy (non-hydrogen) atoms. The van der Waals surface area contributed by atoms with E-state index in [9.17, 15) is 23.1 Å². The summed E-state index contributed by atoms with van der Waals surface area (Å²) in [6.07, 6.45) is -1.76. The van der Waals surface area contributed by atoms with Crippen molar-refractivity contribution in [1.82, 2.24) is 4.57 Å². The van der Waals surface area contributed by atoms with Crippen LogP contribution in [0.5, 0.6) is 5.75 Å². The highest BCUT2D eigenvalue weighted by molar-refractivity contribution is 5.90. The van der Waals surface area contributed by atoms with E-state index in [-0.39, 0.29) is 30.5 Å². The van der Waals surface area contributed by atoms with Crippen LogP contribution in [0.4, 0.5) is 13.2 Å². The van der Waals surface area contributed by atoms with Gasteiger partial charge in [-0.1, -0.05) is 30.3 Å². The molecule has 0 amide bonds. The van der Waals surface area contributed by atoms with Gasteiger partial charge in [-0.05, 0) is 91.6 Å². The molecule has 0 unspecified atom stereocenters. The number of ether oxygens (including phenoxy) is 2. The van der Waals surface area contributed by atoms with Gasteiger partial charge in [0.15, 0.2) is 0 Å². The summed E-state index contributed by atoms with van der Waals surface area (Å²) in [5.41, 5.74) is 2.93. The molecule has 0 bridgehead atoms. The summed E-state index contributed by atoms with van der Waals surface area (Å²) in [6, 6.07) is 20.5. The molecular formula is C33H32F3NO4. The number of carbonyl (C=O) groups is 1. The monoisotopic (exact) mass is 563 g/mol. The highest BCUT2D eigenvalue weighted by Crippen LogP contribution is 2.58. The molecule has 3 aromatic carbocycles. The van der Waals surface area contributed by atoms with Crippen molar-refractivity contribution < 1.29 is 32.5 Å². The lowest BCUT2D eigenvalue weighted by Crippen LogP contribution is -2.48. The van der Waals surface area contributed by atoms with E-state index in [4.69, 9.17) is 9.47 Å². The number of nitrogens with zero attached hydrogens (tertiary/aromatic N) is 1. The van der Waals surface area contributed by atoms with Crippen LogP contribution in [0.25, 0.3) is 16.6 Å². The topological polar surface area (TPSA) is 60.7 Å². The van der Waals surface area contributed by atoms with Gasteiger partial charge in [-0.3, -0.25) is 4.79 Å². The van der Waals surface area contributed by atoms with Crippen LogP contribution in [-0.2, 0) is 16.1 Å². The molecular weight excluding hydrogens is 531 g/mol. The van der Waals surface area contributed by atoms with Crippen LogP contribution < -0.4 is 4.74 Å². The van der Waals surface area contributed by atoms with Gasteiger partial charge >= 0.3 is 5.97 Å². The molecule has 1 aliphatic carbocycles. The zero-order valence-electron chi connectivity index (χ0n) is 22.8. The molecule has 2 heterocycles. The zero-order chi connectivity index (χ0) is 28.7. The minimum atomic E-state index is -2.96. The molecule has 5 nitrogen and oxygen atoms in total. The van der Waals surface area contributed by atoms with E-state index in [1.807, 2.05) is 48.5 Å². The number of carboxylic acids is 1. The molecule has 0 spiro atoms. The van der Waals surface area contributed by atoms with Crippen molar-refractivity contribution in [2.75, 3.05) is 13.2 Å². The van der Waals surface area contributed by atoms with Gasteiger partial charge in [0.2, 0.25) is 0 Å². The average Bonchev–Trinajstić information content (AvgIpc) is 3.28. The van der Waals surface area contributed by atoms with E-state index in [0.717, 1.165) is 46.3 Å². The molecule has 1 N–H and O–H groups in total. The maximum atomic E-state index is 14.3. The number of hydrogen-bond donors (Lipinski definition) is 1. The van der Waals surface area contributed by atoms with E-state index in [1.165, 1.54) is 6.07 Å². The first kappa shape index (κ1) is 27.4. The SMILES string of the molecule is Cc1cc(-n2c(C3CCOCC3)c(C3CC(C(=O)O)(C(F)F)C3)c3cc(OCc4ccccc4)ccc32)ccc1F. The number of carboxylic acid groups (broad SMARTS) is 1. The van der Waals surface area contributed by atoms with Crippen LogP contribution in [-0.4, -0.2) is 35.3 Å².